The number of hydrogen-bond donors (Lipinski definition) is 0. The predicted molar refractivity (Wildman–Crippen MR) is 95.6 cm³/mol. The minimum absolute atomic E-state index is 0.724. The summed E-state index contributed by atoms with van der Waals surface area (Å²) in [7, 11) is 0. The monoisotopic (exact) mass is 375 g/mol. The van der Waals surface area contributed by atoms with Crippen LogP contribution in [0.2, 0.25) is 4.13 Å². The van der Waals surface area contributed by atoms with Crippen molar-refractivity contribution in [1.29, 1.82) is 0 Å². The fourth-order valence-corrected chi connectivity index (χ4v) is 13.7. The summed E-state index contributed by atoms with van der Waals surface area (Å²) < 4.78 is 5.39. The molecule has 0 aromatic carbocycles. The molecule has 0 spiro atoms. The summed E-state index contributed by atoms with van der Waals surface area (Å²) in [6, 6.07) is 0. The van der Waals surface area contributed by atoms with Gasteiger partial charge >= 0.3 is 146 Å². The van der Waals surface area contributed by atoms with E-state index in [0.717, 1.165) is 5.92 Å². The average molecular weight is 377 g/mol. The maximum absolute atomic E-state index is 2.47. The Kier molecular flexibility index (Phi) is 6.69. The third-order valence-corrected chi connectivity index (χ3v) is 14.4. The van der Waals surface area contributed by atoms with E-state index < -0.39 is 21.8 Å². The van der Waals surface area contributed by atoms with Crippen LogP contribution in [0.25, 0.3) is 0 Å². The van der Waals surface area contributed by atoms with Gasteiger partial charge in [-0.3, -0.25) is 0 Å². The molecule has 2 rings (SSSR count). The number of hydrogen-bond acceptors (Lipinski definition) is 0. The van der Waals surface area contributed by atoms with E-state index in [1.807, 2.05) is 6.56 Å². The number of unbranched alkanes of at least 4 members (excludes halogenated alkanes) is 1. The number of rotatable bonds is 7. The van der Waals surface area contributed by atoms with Crippen molar-refractivity contribution in [3.8, 4) is 0 Å². The van der Waals surface area contributed by atoms with Crippen LogP contribution in [0.5, 0.6) is 0 Å². The molecule has 0 aliphatic heterocycles. The maximum atomic E-state index is 2.47. The van der Waals surface area contributed by atoms with Crippen molar-refractivity contribution in [2.24, 2.45) is 5.92 Å². The summed E-state index contributed by atoms with van der Waals surface area (Å²) in [5.41, 5.74) is 6.64. The van der Waals surface area contributed by atoms with E-state index in [0.29, 0.717) is 0 Å². The average Bonchev–Trinajstić information content (AvgIpc) is 3.03. The fourth-order valence-electron chi connectivity index (χ4n) is 4.02. The minimum atomic E-state index is -1.68. The van der Waals surface area contributed by atoms with Gasteiger partial charge in [0.25, 0.3) is 0 Å². The molecule has 22 heavy (non-hydrogen) atoms. The van der Waals surface area contributed by atoms with Crippen LogP contribution < -0.4 is 0 Å². The second kappa shape index (κ2) is 8.09. The first kappa shape index (κ1) is 18.2. The van der Waals surface area contributed by atoms with Crippen LogP contribution in [-0.4, -0.2) is 0 Å². The first-order valence-corrected chi connectivity index (χ1v) is 13.4. The summed E-state index contributed by atoms with van der Waals surface area (Å²) in [5, 5.41) is 0. The van der Waals surface area contributed by atoms with Gasteiger partial charge in [-0.1, -0.05) is 0 Å². The Labute approximate surface area is 146 Å². The van der Waals surface area contributed by atoms with Gasteiger partial charge in [-0.05, 0) is 0 Å². The van der Waals surface area contributed by atoms with Crippen LogP contribution in [-0.2, 0) is 21.8 Å². The molecule has 2 aliphatic rings. The molecule has 0 heterocycles. The molecule has 0 saturated carbocycles. The van der Waals surface area contributed by atoms with E-state index in [1.54, 1.807) is 22.3 Å². The molecule has 0 aromatic rings. The Morgan fingerprint density at radius 1 is 1.09 bits per heavy atom. The van der Waals surface area contributed by atoms with Gasteiger partial charge in [0.05, 0.1) is 0 Å². The Hall–Kier alpha value is -0.157. The molecule has 1 atom stereocenters. The summed E-state index contributed by atoms with van der Waals surface area (Å²) in [6.45, 7) is 14.3. The van der Waals surface area contributed by atoms with Crippen LogP contribution >= 0.6 is 0 Å². The fraction of sp³-hybridized carbons (Fsp3) is 0.619. The molecule has 0 saturated heterocycles. The van der Waals surface area contributed by atoms with E-state index in [4.69, 9.17) is 0 Å². The number of allylic oxidation sites excluding steroid dienone is 8. The van der Waals surface area contributed by atoms with Gasteiger partial charge in [0.2, 0.25) is 0 Å². The van der Waals surface area contributed by atoms with Crippen molar-refractivity contribution in [2.75, 3.05) is 0 Å². The van der Waals surface area contributed by atoms with Crippen molar-refractivity contribution in [1.82, 2.24) is 0 Å². The molecule has 0 amide bonds. The molecular formula is C21H33Zr. The zero-order valence-electron chi connectivity index (χ0n) is 15.5. The topological polar surface area (TPSA) is 0 Å². The van der Waals surface area contributed by atoms with Crippen LogP contribution in [0.4, 0.5) is 0 Å². The van der Waals surface area contributed by atoms with Gasteiger partial charge in [-0.15, -0.1) is 0 Å². The molecule has 121 valence electrons. The van der Waals surface area contributed by atoms with Gasteiger partial charge in [-0.2, -0.15) is 0 Å². The molecule has 0 radical (unpaired) electrons. The van der Waals surface area contributed by atoms with E-state index in [-0.39, 0.29) is 0 Å². The molecule has 0 fully saturated rings. The Balaban J connectivity index is 2.39. The van der Waals surface area contributed by atoms with Crippen molar-refractivity contribution < 1.29 is 21.8 Å². The van der Waals surface area contributed by atoms with Crippen molar-refractivity contribution in [2.45, 2.75) is 77.8 Å². The van der Waals surface area contributed by atoms with Gasteiger partial charge in [0.15, 0.2) is 0 Å². The molecule has 0 bridgehead atoms. The standard InChI is InChI=1S/C9H13.C8H11.C4H9.Zr/c1-6-5-7(2)9(4)8(6)3;1-2-5-8-6-3-4-7-8;1-3-4-2;/h6H,1-4H3;3,6H,2,4-5H2,1H3;1,3-4H2,2H3;. The SMILES string of the molecule is CCC[CH2][Zr]([C]1=C(CCC)C=CC1)[C]1=C(C)C(C)=C(C)C1C. The molecule has 2 aliphatic carbocycles. The van der Waals surface area contributed by atoms with Crippen LogP contribution in [0.15, 0.2) is 41.0 Å². The zero-order valence-corrected chi connectivity index (χ0v) is 17.9. The summed E-state index contributed by atoms with van der Waals surface area (Å²) >= 11 is -1.68. The summed E-state index contributed by atoms with van der Waals surface area (Å²) in [4.78, 5) is 0. The van der Waals surface area contributed by atoms with Crippen molar-refractivity contribution in [3.63, 3.8) is 0 Å². The van der Waals surface area contributed by atoms with E-state index in [1.165, 1.54) is 36.2 Å². The normalized spacial score (nSPS) is 21.6. The summed E-state index contributed by atoms with van der Waals surface area (Å²) in [6.07, 6.45) is 11.5. The van der Waals surface area contributed by atoms with Crippen LogP contribution in [0.3, 0.4) is 0 Å². The van der Waals surface area contributed by atoms with Crippen LogP contribution in [0.1, 0.15) is 73.6 Å². The second-order valence-corrected chi connectivity index (χ2v) is 13.4. The first-order valence-electron chi connectivity index (χ1n) is 9.16. The van der Waals surface area contributed by atoms with Gasteiger partial charge in [0, 0.05) is 0 Å². The molecule has 0 nitrogen and oxygen atoms in total. The molecule has 0 N–H and O–H groups in total. The van der Waals surface area contributed by atoms with Crippen molar-refractivity contribution in [3.05, 3.63) is 41.0 Å². The molecule has 0 aromatic heterocycles. The predicted octanol–water partition coefficient (Wildman–Crippen LogP) is 7.10. The first-order chi connectivity index (χ1) is 10.5. The Morgan fingerprint density at radius 2 is 1.82 bits per heavy atom. The van der Waals surface area contributed by atoms with E-state index in [2.05, 4.69) is 53.7 Å². The Morgan fingerprint density at radius 3 is 2.36 bits per heavy atom. The quantitative estimate of drug-likeness (QED) is 0.444. The second-order valence-electron chi connectivity index (χ2n) is 7.01. The molecule has 1 unspecified atom stereocenters. The van der Waals surface area contributed by atoms with Crippen LogP contribution in [0, 0.1) is 5.92 Å². The van der Waals surface area contributed by atoms with E-state index in [9.17, 15) is 0 Å². The van der Waals surface area contributed by atoms with E-state index >= 15 is 0 Å². The summed E-state index contributed by atoms with van der Waals surface area (Å²) in [5.74, 6) is 0.724. The third-order valence-electron chi connectivity index (χ3n) is 5.66. The third kappa shape index (κ3) is 3.50. The van der Waals surface area contributed by atoms with Gasteiger partial charge in [0.1, 0.15) is 0 Å². The zero-order chi connectivity index (χ0) is 16.3. The van der Waals surface area contributed by atoms with Gasteiger partial charge in [-0.25, -0.2) is 0 Å². The van der Waals surface area contributed by atoms with Crippen molar-refractivity contribution >= 4 is 0 Å². The van der Waals surface area contributed by atoms with Gasteiger partial charge < -0.3 is 0 Å². The molecular weight excluding hydrogens is 343 g/mol. The molecule has 1 heteroatoms. The Bertz CT molecular complexity index is 542.